The summed E-state index contributed by atoms with van der Waals surface area (Å²) in [7, 11) is -2.11. The Morgan fingerprint density at radius 3 is 2.30 bits per heavy atom. The van der Waals surface area contributed by atoms with Crippen molar-refractivity contribution in [3.63, 3.8) is 0 Å². The fraction of sp³-hybridized carbons (Fsp3) is 0.452. The number of carbonyl (C=O) groups is 1. The summed E-state index contributed by atoms with van der Waals surface area (Å²) in [6.45, 7) is 15.6. The smallest absolute Gasteiger partial charge is 0.269 e. The van der Waals surface area contributed by atoms with Crippen molar-refractivity contribution < 1.29 is 23.1 Å². The molecule has 10 nitrogen and oxygen atoms in total. The van der Waals surface area contributed by atoms with Gasteiger partial charge < -0.3 is 19.2 Å². The van der Waals surface area contributed by atoms with E-state index in [4.69, 9.17) is 25.5 Å². The van der Waals surface area contributed by atoms with E-state index in [1.807, 2.05) is 25.1 Å². The van der Waals surface area contributed by atoms with Gasteiger partial charge in [0.15, 0.2) is 14.0 Å². The number of rotatable bonds is 14. The second kappa shape index (κ2) is 14.6. The number of halogens is 2. The van der Waals surface area contributed by atoms with Crippen molar-refractivity contribution in [2.45, 2.75) is 77.3 Å². The Morgan fingerprint density at radius 1 is 0.955 bits per heavy atom. The third-order valence-corrected chi connectivity index (χ3v) is 14.1. The first-order valence-corrected chi connectivity index (χ1v) is 17.2. The molecule has 13 heteroatoms. The summed E-state index contributed by atoms with van der Waals surface area (Å²) in [6.07, 6.45) is 2.43. The highest BCUT2D eigenvalue weighted by atomic mass is 35.5. The zero-order valence-electron chi connectivity index (χ0n) is 26.1. The molecule has 3 heterocycles. The molecule has 0 aliphatic heterocycles. The van der Waals surface area contributed by atoms with Crippen molar-refractivity contribution in [3.05, 3.63) is 66.0 Å². The fourth-order valence-electron chi connectivity index (χ4n) is 5.73. The number of nitrogens with one attached hydrogen (secondary N) is 1. The Morgan fingerprint density at radius 2 is 1.66 bits per heavy atom. The topological polar surface area (TPSA) is 113 Å². The molecule has 1 aromatic carbocycles. The van der Waals surface area contributed by atoms with Gasteiger partial charge in [0.25, 0.3) is 5.91 Å². The Kier molecular flexibility index (Phi) is 11.1. The number of pyridine rings is 1. The lowest BCUT2D eigenvalue weighted by Gasteiger charge is -2.42. The Bertz CT molecular complexity index is 1530. The number of benzene rings is 1. The summed E-state index contributed by atoms with van der Waals surface area (Å²) in [6, 6.07) is 9.81. The highest BCUT2D eigenvalue weighted by Gasteiger charge is 2.45. The third kappa shape index (κ3) is 7.43. The molecular formula is C31H40ClFN6O4Si. The SMILES string of the molecule is CC(CO[Si](C(C)C)(C(C)C)C(C)C)OCC(Oc1ncnc2c1cnn2-c1ccccc1Cl)C(=O)Nc1ccc(F)cn1. The van der Waals surface area contributed by atoms with E-state index < -0.39 is 26.1 Å². The second-order valence-electron chi connectivity index (χ2n) is 11.7. The van der Waals surface area contributed by atoms with Crippen molar-refractivity contribution in [3.8, 4) is 11.6 Å². The lowest BCUT2D eigenvalue weighted by atomic mass is 10.3. The minimum atomic E-state index is -2.11. The van der Waals surface area contributed by atoms with Crippen LogP contribution in [-0.2, 0) is 14.0 Å². The number of carbonyl (C=O) groups excluding carboxylic acids is 1. The summed E-state index contributed by atoms with van der Waals surface area (Å²) in [5, 5.41) is 8.08. The maximum atomic E-state index is 13.5. The molecule has 0 saturated heterocycles. The van der Waals surface area contributed by atoms with Crippen LogP contribution >= 0.6 is 11.6 Å². The molecule has 1 amide bonds. The number of para-hydroxylation sites is 1. The first-order chi connectivity index (χ1) is 20.9. The molecular weight excluding hydrogens is 603 g/mol. The number of hydrogen-bond donors (Lipinski definition) is 1. The van der Waals surface area contributed by atoms with Gasteiger partial charge in [0, 0.05) is 0 Å². The second-order valence-corrected chi connectivity index (χ2v) is 17.5. The lowest BCUT2D eigenvalue weighted by Crippen LogP contribution is -2.49. The van der Waals surface area contributed by atoms with E-state index in [-0.39, 0.29) is 24.4 Å². The van der Waals surface area contributed by atoms with E-state index in [2.05, 4.69) is 66.9 Å². The zero-order chi connectivity index (χ0) is 32.0. The van der Waals surface area contributed by atoms with E-state index in [0.29, 0.717) is 45.0 Å². The van der Waals surface area contributed by atoms with Crippen LogP contribution in [0.4, 0.5) is 10.2 Å². The average molecular weight is 643 g/mol. The van der Waals surface area contributed by atoms with Gasteiger partial charge in [-0.2, -0.15) is 5.10 Å². The number of ether oxygens (including phenoxy) is 2. The summed E-state index contributed by atoms with van der Waals surface area (Å²) in [5.41, 5.74) is 2.35. The number of nitrogens with zero attached hydrogens (tertiary/aromatic N) is 5. The minimum absolute atomic E-state index is 0.110. The number of hydrogen-bond acceptors (Lipinski definition) is 8. The van der Waals surface area contributed by atoms with Crippen molar-refractivity contribution in [2.75, 3.05) is 18.5 Å². The third-order valence-electron chi connectivity index (χ3n) is 7.74. The quantitative estimate of drug-likeness (QED) is 0.147. The Hall–Kier alpha value is -3.45. The normalized spacial score (nSPS) is 13.5. The molecule has 1 N–H and O–H groups in total. The average Bonchev–Trinajstić information content (AvgIpc) is 3.41. The van der Waals surface area contributed by atoms with Gasteiger partial charge in [-0.05, 0) is 47.8 Å². The van der Waals surface area contributed by atoms with Crippen molar-refractivity contribution in [1.82, 2.24) is 24.7 Å². The molecule has 4 rings (SSSR count). The van der Waals surface area contributed by atoms with E-state index in [1.165, 1.54) is 18.5 Å². The number of fused-ring (bicyclic) bond motifs is 1. The van der Waals surface area contributed by atoms with Crippen LogP contribution in [0.15, 0.2) is 55.1 Å². The number of anilines is 1. The monoisotopic (exact) mass is 642 g/mol. The highest BCUT2D eigenvalue weighted by Crippen LogP contribution is 2.42. The van der Waals surface area contributed by atoms with E-state index in [0.717, 1.165) is 6.20 Å². The summed E-state index contributed by atoms with van der Waals surface area (Å²) < 4.78 is 34.0. The molecule has 0 bridgehead atoms. The fourth-order valence-corrected chi connectivity index (χ4v) is 11.5. The standard InChI is InChI=1S/C31H40ClFN6O4Si/c1-19(2)44(20(3)4,21(5)6)42-16-22(7)41-17-27(30(40)38-28-13-12-23(33)14-34-28)43-31-24-15-37-39(29(24)35-18-36-31)26-11-9-8-10-25(26)32/h8-15,18-22,27H,16-17H2,1-7H3,(H,34,38,40). The zero-order valence-corrected chi connectivity index (χ0v) is 27.9. The van der Waals surface area contributed by atoms with Crippen LogP contribution in [0.5, 0.6) is 5.88 Å². The molecule has 236 valence electrons. The number of amides is 1. The van der Waals surface area contributed by atoms with Crippen LogP contribution in [0.3, 0.4) is 0 Å². The van der Waals surface area contributed by atoms with Gasteiger partial charge in [0.05, 0.1) is 42.4 Å². The van der Waals surface area contributed by atoms with Gasteiger partial charge in [0.2, 0.25) is 12.0 Å². The molecule has 0 radical (unpaired) electrons. The van der Waals surface area contributed by atoms with Gasteiger partial charge in [-0.15, -0.1) is 0 Å². The van der Waals surface area contributed by atoms with E-state index in [9.17, 15) is 9.18 Å². The molecule has 0 saturated carbocycles. The molecule has 3 aromatic heterocycles. The van der Waals surface area contributed by atoms with Gasteiger partial charge in [-0.1, -0.05) is 65.3 Å². The van der Waals surface area contributed by atoms with Crippen LogP contribution in [0.25, 0.3) is 16.7 Å². The van der Waals surface area contributed by atoms with Gasteiger partial charge in [-0.25, -0.2) is 24.0 Å². The largest absolute Gasteiger partial charge is 0.461 e. The molecule has 0 fully saturated rings. The summed E-state index contributed by atoms with van der Waals surface area (Å²) in [4.78, 5) is 26.0. The van der Waals surface area contributed by atoms with Crippen LogP contribution in [-0.4, -0.2) is 64.4 Å². The molecule has 0 spiro atoms. The van der Waals surface area contributed by atoms with Crippen molar-refractivity contribution in [2.24, 2.45) is 0 Å². The molecule has 0 aliphatic carbocycles. The van der Waals surface area contributed by atoms with Gasteiger partial charge >= 0.3 is 0 Å². The Labute approximate surface area is 263 Å². The first-order valence-electron chi connectivity index (χ1n) is 14.7. The lowest BCUT2D eigenvalue weighted by molar-refractivity contribution is -0.127. The van der Waals surface area contributed by atoms with Gasteiger partial charge in [0.1, 0.15) is 23.3 Å². The van der Waals surface area contributed by atoms with E-state index >= 15 is 0 Å². The molecule has 0 aliphatic rings. The molecule has 44 heavy (non-hydrogen) atoms. The number of aromatic nitrogens is 5. The summed E-state index contributed by atoms with van der Waals surface area (Å²) >= 11 is 6.40. The predicted molar refractivity (Wildman–Crippen MR) is 171 cm³/mol. The maximum Gasteiger partial charge on any atom is 0.269 e. The highest BCUT2D eigenvalue weighted by molar-refractivity contribution is 6.77. The van der Waals surface area contributed by atoms with Crippen LogP contribution in [0.2, 0.25) is 21.6 Å². The molecule has 4 aromatic rings. The van der Waals surface area contributed by atoms with Crippen molar-refractivity contribution >= 4 is 42.7 Å². The minimum Gasteiger partial charge on any atom is -0.461 e. The van der Waals surface area contributed by atoms with Crippen LogP contribution in [0, 0.1) is 5.82 Å². The molecule has 2 atom stereocenters. The van der Waals surface area contributed by atoms with Crippen molar-refractivity contribution in [1.29, 1.82) is 0 Å². The van der Waals surface area contributed by atoms with Gasteiger partial charge in [-0.3, -0.25) is 4.79 Å². The summed E-state index contributed by atoms with van der Waals surface area (Å²) in [5.74, 6) is -0.755. The van der Waals surface area contributed by atoms with Crippen LogP contribution < -0.4 is 10.1 Å². The maximum absolute atomic E-state index is 13.5. The van der Waals surface area contributed by atoms with Crippen LogP contribution in [0.1, 0.15) is 48.5 Å². The van der Waals surface area contributed by atoms with E-state index in [1.54, 1.807) is 16.9 Å². The molecule has 2 unspecified atom stereocenters. The predicted octanol–water partition coefficient (Wildman–Crippen LogP) is 6.99. The first kappa shape index (κ1) is 33.4. The Balaban J connectivity index is 1.56.